The number of nitrogens with one attached hydrogen (secondary N) is 1. The number of ether oxygens (including phenoxy) is 1. The summed E-state index contributed by atoms with van der Waals surface area (Å²) in [5.74, 6) is 0.145. The second kappa shape index (κ2) is 5.97. The topological polar surface area (TPSA) is 51.2 Å². The molecule has 0 bridgehead atoms. The zero-order chi connectivity index (χ0) is 13.0. The molecule has 94 valence electrons. The van der Waals surface area contributed by atoms with Crippen LogP contribution in [0.5, 0.6) is 5.88 Å². The van der Waals surface area contributed by atoms with Crippen LogP contribution < -0.4 is 10.1 Å². The molecular formula is C12H11BrN2O2S. The van der Waals surface area contributed by atoms with E-state index in [0.717, 1.165) is 8.66 Å². The molecule has 0 spiro atoms. The van der Waals surface area contributed by atoms with Crippen LogP contribution in [0.1, 0.15) is 15.2 Å². The standard InChI is InChI=1S/C12H11BrN2O2S/c1-17-12-9(3-2-6-14-12)11(16)15-7-8-4-5-10(13)18-8/h2-6H,7H2,1H3,(H,15,16). The molecule has 2 aromatic heterocycles. The van der Waals surface area contributed by atoms with Crippen molar-refractivity contribution >= 4 is 33.2 Å². The average molecular weight is 327 g/mol. The van der Waals surface area contributed by atoms with Crippen LogP contribution in [0.3, 0.4) is 0 Å². The van der Waals surface area contributed by atoms with Crippen molar-refractivity contribution < 1.29 is 9.53 Å². The summed E-state index contributed by atoms with van der Waals surface area (Å²) in [5, 5.41) is 2.83. The molecule has 2 heterocycles. The first-order valence-corrected chi connectivity index (χ1v) is 6.83. The smallest absolute Gasteiger partial charge is 0.257 e. The Morgan fingerprint density at radius 2 is 2.33 bits per heavy atom. The third-order valence-corrected chi connectivity index (χ3v) is 3.88. The molecule has 0 saturated carbocycles. The predicted octanol–water partition coefficient (Wildman–Crippen LogP) is 2.84. The lowest BCUT2D eigenvalue weighted by Gasteiger charge is -2.07. The van der Waals surface area contributed by atoms with Gasteiger partial charge in [0.25, 0.3) is 5.91 Å². The fourth-order valence-corrected chi connectivity index (χ4v) is 2.86. The monoisotopic (exact) mass is 326 g/mol. The molecular weight excluding hydrogens is 316 g/mol. The number of methoxy groups -OCH3 is 1. The van der Waals surface area contributed by atoms with E-state index in [4.69, 9.17) is 4.74 Å². The minimum Gasteiger partial charge on any atom is -0.480 e. The maximum atomic E-state index is 12.0. The van der Waals surface area contributed by atoms with Crippen molar-refractivity contribution in [2.75, 3.05) is 7.11 Å². The lowest BCUT2D eigenvalue weighted by atomic mass is 10.2. The van der Waals surface area contributed by atoms with E-state index in [9.17, 15) is 4.79 Å². The van der Waals surface area contributed by atoms with Crippen LogP contribution >= 0.6 is 27.3 Å². The number of nitrogens with zero attached hydrogens (tertiary/aromatic N) is 1. The number of halogens is 1. The van der Waals surface area contributed by atoms with Crippen LogP contribution in [-0.4, -0.2) is 18.0 Å². The molecule has 0 aromatic carbocycles. The van der Waals surface area contributed by atoms with E-state index in [-0.39, 0.29) is 5.91 Å². The Kier molecular flexibility index (Phi) is 4.33. The van der Waals surface area contributed by atoms with Crippen LogP contribution in [-0.2, 0) is 6.54 Å². The van der Waals surface area contributed by atoms with Gasteiger partial charge in [0.2, 0.25) is 5.88 Å². The highest BCUT2D eigenvalue weighted by Gasteiger charge is 2.12. The Morgan fingerprint density at radius 1 is 1.50 bits per heavy atom. The number of thiophene rings is 1. The van der Waals surface area contributed by atoms with Gasteiger partial charge in [-0.25, -0.2) is 4.98 Å². The molecule has 0 aliphatic rings. The van der Waals surface area contributed by atoms with Gasteiger partial charge in [-0.1, -0.05) is 0 Å². The van der Waals surface area contributed by atoms with Crippen LogP contribution in [0, 0.1) is 0 Å². The quantitative estimate of drug-likeness (QED) is 0.939. The van der Waals surface area contributed by atoms with Crippen molar-refractivity contribution in [3.05, 3.63) is 44.7 Å². The van der Waals surface area contributed by atoms with Crippen LogP contribution in [0.4, 0.5) is 0 Å². The molecule has 0 fully saturated rings. The van der Waals surface area contributed by atoms with Gasteiger partial charge < -0.3 is 10.1 Å². The van der Waals surface area contributed by atoms with Gasteiger partial charge in [0.15, 0.2) is 0 Å². The Labute approximate surface area is 117 Å². The van der Waals surface area contributed by atoms with E-state index in [0.29, 0.717) is 18.0 Å². The molecule has 0 aliphatic carbocycles. The van der Waals surface area contributed by atoms with Gasteiger partial charge in [-0.2, -0.15) is 0 Å². The zero-order valence-corrected chi connectivity index (χ0v) is 12.0. The number of aromatic nitrogens is 1. The normalized spacial score (nSPS) is 10.1. The Balaban J connectivity index is 2.03. The van der Waals surface area contributed by atoms with Crippen molar-refractivity contribution in [3.63, 3.8) is 0 Å². The molecule has 0 saturated heterocycles. The molecule has 0 unspecified atom stereocenters. The molecule has 0 atom stereocenters. The van der Waals surface area contributed by atoms with E-state index in [2.05, 4.69) is 26.2 Å². The number of carbonyl (C=O) groups excluding carboxylic acids is 1. The first kappa shape index (κ1) is 13.0. The molecule has 2 rings (SSSR count). The molecule has 4 nitrogen and oxygen atoms in total. The summed E-state index contributed by atoms with van der Waals surface area (Å²) < 4.78 is 6.09. The van der Waals surface area contributed by atoms with Gasteiger partial charge in [0.1, 0.15) is 5.56 Å². The minimum atomic E-state index is -0.190. The minimum absolute atomic E-state index is 0.190. The molecule has 0 radical (unpaired) electrons. The van der Waals surface area contributed by atoms with Crippen LogP contribution in [0.15, 0.2) is 34.2 Å². The fourth-order valence-electron chi connectivity index (χ4n) is 1.44. The lowest BCUT2D eigenvalue weighted by molar-refractivity contribution is 0.0947. The highest BCUT2D eigenvalue weighted by atomic mass is 79.9. The molecule has 2 aromatic rings. The fraction of sp³-hybridized carbons (Fsp3) is 0.167. The molecule has 0 aliphatic heterocycles. The summed E-state index contributed by atoms with van der Waals surface area (Å²) >= 11 is 4.97. The van der Waals surface area contributed by atoms with E-state index in [1.807, 2.05) is 12.1 Å². The van der Waals surface area contributed by atoms with Crippen LogP contribution in [0.2, 0.25) is 0 Å². The van der Waals surface area contributed by atoms with Gasteiger partial charge in [-0.15, -0.1) is 11.3 Å². The number of pyridine rings is 1. The summed E-state index contributed by atoms with van der Waals surface area (Å²) in [6.07, 6.45) is 1.59. The number of hydrogen-bond acceptors (Lipinski definition) is 4. The molecule has 6 heteroatoms. The zero-order valence-electron chi connectivity index (χ0n) is 9.64. The summed E-state index contributed by atoms with van der Waals surface area (Å²) in [4.78, 5) is 17.0. The van der Waals surface area contributed by atoms with Crippen molar-refractivity contribution in [2.45, 2.75) is 6.54 Å². The number of rotatable bonds is 4. The van der Waals surface area contributed by atoms with E-state index >= 15 is 0 Å². The maximum Gasteiger partial charge on any atom is 0.257 e. The van der Waals surface area contributed by atoms with E-state index in [1.165, 1.54) is 7.11 Å². The lowest BCUT2D eigenvalue weighted by Crippen LogP contribution is -2.23. The summed E-state index contributed by atoms with van der Waals surface area (Å²) in [7, 11) is 1.50. The summed E-state index contributed by atoms with van der Waals surface area (Å²) in [6, 6.07) is 7.32. The van der Waals surface area contributed by atoms with Crippen molar-refractivity contribution in [2.24, 2.45) is 0 Å². The molecule has 1 amide bonds. The van der Waals surface area contributed by atoms with Gasteiger partial charge in [0.05, 0.1) is 17.4 Å². The highest BCUT2D eigenvalue weighted by molar-refractivity contribution is 9.11. The third-order valence-electron chi connectivity index (χ3n) is 2.26. The third kappa shape index (κ3) is 3.08. The Bertz CT molecular complexity index is 557. The van der Waals surface area contributed by atoms with Gasteiger partial charge in [-0.05, 0) is 40.2 Å². The predicted molar refractivity (Wildman–Crippen MR) is 74.0 cm³/mol. The van der Waals surface area contributed by atoms with E-state index < -0.39 is 0 Å². The average Bonchev–Trinajstić information content (AvgIpc) is 2.81. The van der Waals surface area contributed by atoms with Gasteiger partial charge in [-0.3, -0.25) is 4.79 Å². The van der Waals surface area contributed by atoms with Crippen molar-refractivity contribution in [3.8, 4) is 5.88 Å². The molecule has 1 N–H and O–H groups in total. The first-order chi connectivity index (χ1) is 8.70. The summed E-state index contributed by atoms with van der Waals surface area (Å²) in [6.45, 7) is 0.493. The number of hydrogen-bond donors (Lipinski definition) is 1. The van der Waals surface area contributed by atoms with Gasteiger partial charge >= 0.3 is 0 Å². The largest absolute Gasteiger partial charge is 0.480 e. The summed E-state index contributed by atoms with van der Waals surface area (Å²) in [5.41, 5.74) is 0.440. The SMILES string of the molecule is COc1ncccc1C(=O)NCc1ccc(Br)s1. The van der Waals surface area contributed by atoms with Crippen molar-refractivity contribution in [1.29, 1.82) is 0 Å². The Morgan fingerprint density at radius 3 is 3.00 bits per heavy atom. The molecule has 18 heavy (non-hydrogen) atoms. The maximum absolute atomic E-state index is 12.0. The first-order valence-electron chi connectivity index (χ1n) is 5.22. The van der Waals surface area contributed by atoms with Crippen molar-refractivity contribution in [1.82, 2.24) is 10.3 Å². The van der Waals surface area contributed by atoms with Gasteiger partial charge in [0, 0.05) is 11.1 Å². The second-order valence-corrected chi connectivity index (χ2v) is 6.00. The Hall–Kier alpha value is -1.40. The van der Waals surface area contributed by atoms with E-state index in [1.54, 1.807) is 29.7 Å². The highest BCUT2D eigenvalue weighted by Crippen LogP contribution is 2.22. The second-order valence-electron chi connectivity index (χ2n) is 3.45. The number of amides is 1. The number of carbonyl (C=O) groups is 1. The van der Waals surface area contributed by atoms with Crippen LogP contribution in [0.25, 0.3) is 0 Å².